The van der Waals surface area contributed by atoms with Crippen LogP contribution in [0.1, 0.15) is 31.7 Å². The molecule has 0 saturated carbocycles. The molecule has 1 amide bonds. The topological polar surface area (TPSA) is 51.1 Å². The minimum atomic E-state index is -0.171. The molecule has 1 fully saturated rings. The van der Waals surface area contributed by atoms with Crippen LogP contribution < -0.4 is 9.47 Å². The zero-order valence-electron chi connectivity index (χ0n) is 14.4. The molecule has 0 bridgehead atoms. The molecule has 0 atom stereocenters. The highest BCUT2D eigenvalue weighted by Gasteiger charge is 2.27. The van der Waals surface area contributed by atoms with Gasteiger partial charge in [-0.3, -0.25) is 4.79 Å². The molecule has 5 nitrogen and oxygen atoms in total. The minimum Gasteiger partial charge on any atom is -0.492 e. The van der Waals surface area contributed by atoms with E-state index in [0.717, 1.165) is 41.1 Å². The van der Waals surface area contributed by atoms with Crippen molar-refractivity contribution in [2.24, 2.45) is 4.99 Å². The highest BCUT2D eigenvalue weighted by Crippen LogP contribution is 2.38. The first-order valence-corrected chi connectivity index (χ1v) is 10.0. The molecule has 0 radical (unpaired) electrons. The molecular formula is C18H21BrN2O3S. The summed E-state index contributed by atoms with van der Waals surface area (Å²) in [5.74, 6) is 1.13. The van der Waals surface area contributed by atoms with E-state index in [1.165, 1.54) is 18.2 Å². The van der Waals surface area contributed by atoms with Gasteiger partial charge in [-0.05, 0) is 77.7 Å². The number of ether oxygens (including phenoxy) is 2. The molecule has 0 aromatic heterocycles. The second-order valence-corrected chi connectivity index (χ2v) is 7.69. The Morgan fingerprint density at radius 1 is 1.32 bits per heavy atom. The Bertz CT molecular complexity index is 727. The Kier molecular flexibility index (Phi) is 6.06. The lowest BCUT2D eigenvalue weighted by Crippen LogP contribution is -2.33. The van der Waals surface area contributed by atoms with Gasteiger partial charge < -0.3 is 14.4 Å². The first-order chi connectivity index (χ1) is 12.1. The van der Waals surface area contributed by atoms with E-state index in [9.17, 15) is 4.79 Å². The average molecular weight is 425 g/mol. The van der Waals surface area contributed by atoms with Crippen molar-refractivity contribution >= 4 is 44.8 Å². The fraction of sp³-hybridized carbons (Fsp3) is 0.444. The van der Waals surface area contributed by atoms with E-state index in [2.05, 4.69) is 25.8 Å². The lowest BCUT2D eigenvalue weighted by molar-refractivity contribution is -0.113. The van der Waals surface area contributed by atoms with Gasteiger partial charge >= 0.3 is 0 Å². The maximum Gasteiger partial charge on any atom is 0.286 e. The molecular weight excluding hydrogens is 404 g/mol. The number of likely N-dealkylation sites (tertiary alicyclic amines) is 1. The van der Waals surface area contributed by atoms with Crippen molar-refractivity contribution in [3.05, 3.63) is 27.1 Å². The van der Waals surface area contributed by atoms with Crippen LogP contribution in [-0.2, 0) is 4.79 Å². The van der Waals surface area contributed by atoms with Gasteiger partial charge in [-0.2, -0.15) is 4.99 Å². The van der Waals surface area contributed by atoms with Gasteiger partial charge in [0.2, 0.25) is 0 Å². The normalized spacial score (nSPS) is 19.3. The number of carbonyl (C=O) groups is 1. The van der Waals surface area contributed by atoms with E-state index in [4.69, 9.17) is 9.47 Å². The average Bonchev–Trinajstić information content (AvgIpc) is 2.97. The molecule has 1 aromatic rings. The predicted molar refractivity (Wildman–Crippen MR) is 105 cm³/mol. The Balaban J connectivity index is 1.82. The smallest absolute Gasteiger partial charge is 0.286 e. The van der Waals surface area contributed by atoms with E-state index >= 15 is 0 Å². The van der Waals surface area contributed by atoms with Crippen molar-refractivity contribution in [1.29, 1.82) is 0 Å². The molecule has 134 valence electrons. The molecule has 0 spiro atoms. The molecule has 7 heteroatoms. The van der Waals surface area contributed by atoms with Crippen molar-refractivity contribution in [2.75, 3.05) is 26.8 Å². The number of amides is 1. The van der Waals surface area contributed by atoms with Crippen LogP contribution in [0.15, 0.2) is 26.5 Å². The molecule has 0 N–H and O–H groups in total. The van der Waals surface area contributed by atoms with Crippen LogP contribution in [0.3, 0.4) is 0 Å². The molecule has 3 rings (SSSR count). The summed E-state index contributed by atoms with van der Waals surface area (Å²) >= 11 is 4.96. The first kappa shape index (κ1) is 18.3. The monoisotopic (exact) mass is 424 g/mol. The van der Waals surface area contributed by atoms with Crippen molar-refractivity contribution in [3.8, 4) is 11.5 Å². The van der Waals surface area contributed by atoms with Gasteiger partial charge in [-0.15, -0.1) is 0 Å². The fourth-order valence-electron chi connectivity index (χ4n) is 2.90. The molecule has 0 aliphatic carbocycles. The van der Waals surface area contributed by atoms with Crippen LogP contribution in [0.4, 0.5) is 0 Å². The number of benzene rings is 1. The SMILES string of the molecule is CCOc1cc(/C=C2\SC(N3CCCCC3)=NC2=O)cc(Br)c1OC. The number of amidine groups is 1. The Labute approximate surface area is 160 Å². The summed E-state index contributed by atoms with van der Waals surface area (Å²) in [4.78, 5) is 19.4. The molecule has 2 aliphatic heterocycles. The molecule has 1 saturated heterocycles. The summed E-state index contributed by atoms with van der Waals surface area (Å²) in [6, 6.07) is 3.80. The zero-order valence-corrected chi connectivity index (χ0v) is 16.8. The Morgan fingerprint density at radius 3 is 2.76 bits per heavy atom. The van der Waals surface area contributed by atoms with Gasteiger partial charge in [-0.25, -0.2) is 0 Å². The van der Waals surface area contributed by atoms with Gasteiger partial charge in [0.15, 0.2) is 16.7 Å². The number of piperidine rings is 1. The lowest BCUT2D eigenvalue weighted by atomic mass is 10.1. The fourth-order valence-corrected chi connectivity index (χ4v) is 4.49. The maximum absolute atomic E-state index is 12.3. The molecule has 2 aliphatic rings. The van der Waals surface area contributed by atoms with Gasteiger partial charge in [0, 0.05) is 13.1 Å². The summed E-state index contributed by atoms with van der Waals surface area (Å²) < 4.78 is 11.8. The van der Waals surface area contributed by atoms with Crippen LogP contribution >= 0.6 is 27.7 Å². The number of rotatable bonds is 4. The summed E-state index contributed by atoms with van der Waals surface area (Å²) in [5, 5.41) is 0.827. The molecule has 1 aromatic carbocycles. The molecule has 25 heavy (non-hydrogen) atoms. The van der Waals surface area contributed by atoms with Crippen LogP contribution in [0, 0.1) is 0 Å². The van der Waals surface area contributed by atoms with Crippen LogP contribution in [-0.4, -0.2) is 42.8 Å². The highest BCUT2D eigenvalue weighted by molar-refractivity contribution is 9.10. The third kappa shape index (κ3) is 4.20. The van der Waals surface area contributed by atoms with E-state index in [1.54, 1.807) is 7.11 Å². The Hall–Kier alpha value is -1.47. The van der Waals surface area contributed by atoms with Crippen molar-refractivity contribution in [3.63, 3.8) is 0 Å². The van der Waals surface area contributed by atoms with Gasteiger partial charge in [-0.1, -0.05) is 0 Å². The number of aliphatic imine (C=N–C) groups is 1. The highest BCUT2D eigenvalue weighted by atomic mass is 79.9. The third-order valence-corrected chi connectivity index (χ3v) is 5.70. The van der Waals surface area contributed by atoms with Crippen LogP contribution in [0.5, 0.6) is 11.5 Å². The first-order valence-electron chi connectivity index (χ1n) is 8.40. The summed E-state index contributed by atoms with van der Waals surface area (Å²) in [5.41, 5.74) is 0.877. The number of hydrogen-bond acceptors (Lipinski definition) is 5. The van der Waals surface area contributed by atoms with E-state index in [1.807, 2.05) is 25.1 Å². The number of carbonyl (C=O) groups excluding carboxylic acids is 1. The van der Waals surface area contributed by atoms with E-state index < -0.39 is 0 Å². The van der Waals surface area contributed by atoms with Crippen LogP contribution in [0.2, 0.25) is 0 Å². The van der Waals surface area contributed by atoms with Crippen molar-refractivity contribution in [2.45, 2.75) is 26.2 Å². The number of hydrogen-bond donors (Lipinski definition) is 0. The molecule has 0 unspecified atom stereocenters. The van der Waals surface area contributed by atoms with Gasteiger partial charge in [0.25, 0.3) is 5.91 Å². The van der Waals surface area contributed by atoms with Gasteiger partial charge in [0.05, 0.1) is 23.1 Å². The summed E-state index contributed by atoms with van der Waals surface area (Å²) in [7, 11) is 1.61. The minimum absolute atomic E-state index is 0.171. The standard InChI is InChI=1S/C18H21BrN2O3S/c1-3-24-14-10-12(9-13(19)16(14)23-2)11-15-17(22)20-18(25-15)21-7-5-4-6-8-21/h9-11H,3-8H2,1-2H3/b15-11-. The van der Waals surface area contributed by atoms with Gasteiger partial charge in [0.1, 0.15) is 0 Å². The maximum atomic E-state index is 12.3. The second kappa shape index (κ2) is 8.27. The summed E-state index contributed by atoms with van der Waals surface area (Å²) in [6.07, 6.45) is 5.44. The second-order valence-electron chi connectivity index (χ2n) is 5.83. The lowest BCUT2D eigenvalue weighted by Gasteiger charge is -2.27. The molecule has 2 heterocycles. The number of methoxy groups -OCH3 is 1. The largest absolute Gasteiger partial charge is 0.492 e. The Morgan fingerprint density at radius 2 is 2.08 bits per heavy atom. The predicted octanol–water partition coefficient (Wildman–Crippen LogP) is 4.31. The van der Waals surface area contributed by atoms with Crippen molar-refractivity contribution in [1.82, 2.24) is 4.90 Å². The third-order valence-electron chi connectivity index (χ3n) is 4.07. The van der Waals surface area contributed by atoms with Crippen LogP contribution in [0.25, 0.3) is 6.08 Å². The number of halogens is 1. The quantitative estimate of drug-likeness (QED) is 0.673. The summed E-state index contributed by atoms with van der Waals surface area (Å²) in [6.45, 7) is 4.43. The van der Waals surface area contributed by atoms with E-state index in [-0.39, 0.29) is 5.91 Å². The number of thioether (sulfide) groups is 1. The van der Waals surface area contributed by atoms with Crippen molar-refractivity contribution < 1.29 is 14.3 Å². The number of nitrogens with zero attached hydrogens (tertiary/aromatic N) is 2. The zero-order chi connectivity index (χ0) is 17.8. The van der Waals surface area contributed by atoms with E-state index in [0.29, 0.717) is 23.0 Å².